The Morgan fingerprint density at radius 1 is 1.40 bits per heavy atom. The average molecular weight is 206 g/mol. The van der Waals surface area contributed by atoms with Gasteiger partial charge in [0.05, 0.1) is 13.2 Å². The predicted octanol–water partition coefficient (Wildman–Crippen LogP) is 1.87. The summed E-state index contributed by atoms with van der Waals surface area (Å²) in [4.78, 5) is 10.0. The molecule has 3 heteroatoms. The van der Waals surface area contributed by atoms with Gasteiger partial charge in [-0.1, -0.05) is 18.2 Å². The van der Waals surface area contributed by atoms with E-state index in [1.165, 1.54) is 6.08 Å². The Balaban J connectivity index is 2.61. The number of methoxy groups -OCH3 is 1. The second kappa shape index (κ2) is 5.98. The molecule has 1 atom stereocenters. The summed E-state index contributed by atoms with van der Waals surface area (Å²) < 4.78 is 5.01. The fourth-order valence-corrected chi connectivity index (χ4v) is 1.23. The van der Waals surface area contributed by atoms with E-state index in [9.17, 15) is 9.90 Å². The fraction of sp³-hybridized carbons (Fsp3) is 0.250. The number of aldehydes is 1. The quantitative estimate of drug-likeness (QED) is 0.591. The van der Waals surface area contributed by atoms with Crippen molar-refractivity contribution in [2.45, 2.75) is 12.5 Å². The molecule has 80 valence electrons. The van der Waals surface area contributed by atoms with Gasteiger partial charge in [-0.3, -0.25) is 4.79 Å². The van der Waals surface area contributed by atoms with Crippen LogP contribution in [0.4, 0.5) is 0 Å². The third-order valence-electron chi connectivity index (χ3n) is 2.07. The molecular weight excluding hydrogens is 192 g/mol. The molecule has 1 rings (SSSR count). The maximum Gasteiger partial charge on any atom is 0.142 e. The molecule has 0 saturated carbocycles. The van der Waals surface area contributed by atoms with Crippen molar-refractivity contribution < 1.29 is 14.6 Å². The first-order valence-electron chi connectivity index (χ1n) is 4.70. The lowest BCUT2D eigenvalue weighted by Crippen LogP contribution is -1.95. The Kier molecular flexibility index (Phi) is 4.57. The van der Waals surface area contributed by atoms with E-state index in [0.29, 0.717) is 12.7 Å². The van der Waals surface area contributed by atoms with Crippen LogP contribution in [0.5, 0.6) is 5.75 Å². The highest BCUT2D eigenvalue weighted by molar-refractivity contribution is 5.64. The van der Waals surface area contributed by atoms with Crippen LogP contribution in [0.3, 0.4) is 0 Å². The molecule has 0 bridgehead atoms. The number of ether oxygens (including phenoxy) is 1. The SMILES string of the molecule is COc1ccc(C(O)C/C=C/C=O)cc1. The first-order chi connectivity index (χ1) is 7.27. The first-order valence-corrected chi connectivity index (χ1v) is 4.70. The van der Waals surface area contributed by atoms with Crippen LogP contribution in [0.2, 0.25) is 0 Å². The summed E-state index contributed by atoms with van der Waals surface area (Å²) in [6.07, 6.45) is 3.58. The molecule has 1 unspecified atom stereocenters. The van der Waals surface area contributed by atoms with E-state index in [0.717, 1.165) is 11.3 Å². The maximum atomic E-state index is 10.0. The van der Waals surface area contributed by atoms with E-state index in [4.69, 9.17) is 4.74 Å². The van der Waals surface area contributed by atoms with Crippen LogP contribution in [-0.4, -0.2) is 18.5 Å². The normalized spacial score (nSPS) is 12.7. The molecule has 0 radical (unpaired) electrons. The number of allylic oxidation sites excluding steroid dienone is 1. The number of hydrogen-bond donors (Lipinski definition) is 1. The lowest BCUT2D eigenvalue weighted by molar-refractivity contribution is -0.104. The molecular formula is C12H14O3. The largest absolute Gasteiger partial charge is 0.497 e. The number of carbonyl (C=O) groups excluding carboxylic acids is 1. The Morgan fingerprint density at radius 2 is 2.07 bits per heavy atom. The number of hydrogen-bond acceptors (Lipinski definition) is 3. The Morgan fingerprint density at radius 3 is 2.60 bits per heavy atom. The van der Waals surface area contributed by atoms with Crippen molar-refractivity contribution >= 4 is 6.29 Å². The highest BCUT2D eigenvalue weighted by Crippen LogP contribution is 2.20. The van der Waals surface area contributed by atoms with Gasteiger partial charge in [-0.05, 0) is 30.2 Å². The standard InChI is InChI=1S/C12H14O3/c1-15-11-7-5-10(6-8-11)12(14)4-2-3-9-13/h2-3,5-9,12,14H,4H2,1H3/b3-2+. The highest BCUT2D eigenvalue weighted by atomic mass is 16.5. The molecule has 0 spiro atoms. The molecule has 0 aliphatic carbocycles. The maximum absolute atomic E-state index is 10.0. The van der Waals surface area contributed by atoms with Crippen LogP contribution >= 0.6 is 0 Å². The molecule has 0 aliphatic heterocycles. The first kappa shape index (κ1) is 11.5. The van der Waals surface area contributed by atoms with E-state index in [2.05, 4.69) is 0 Å². The van der Waals surface area contributed by atoms with E-state index in [1.807, 2.05) is 0 Å². The minimum atomic E-state index is -0.577. The third-order valence-corrected chi connectivity index (χ3v) is 2.07. The van der Waals surface area contributed by atoms with Gasteiger partial charge in [0.1, 0.15) is 12.0 Å². The van der Waals surface area contributed by atoms with Crippen molar-refractivity contribution in [2.75, 3.05) is 7.11 Å². The molecule has 1 aromatic carbocycles. The van der Waals surface area contributed by atoms with Crippen LogP contribution < -0.4 is 4.74 Å². The van der Waals surface area contributed by atoms with Crippen molar-refractivity contribution in [3.05, 3.63) is 42.0 Å². The zero-order chi connectivity index (χ0) is 11.1. The van der Waals surface area contributed by atoms with Crippen LogP contribution in [0.25, 0.3) is 0 Å². The van der Waals surface area contributed by atoms with Crippen molar-refractivity contribution in [1.82, 2.24) is 0 Å². The molecule has 0 fully saturated rings. The van der Waals surface area contributed by atoms with Gasteiger partial charge in [0.2, 0.25) is 0 Å². The molecule has 3 nitrogen and oxygen atoms in total. The fourth-order valence-electron chi connectivity index (χ4n) is 1.23. The molecule has 0 amide bonds. The summed E-state index contributed by atoms with van der Waals surface area (Å²) in [5.74, 6) is 0.759. The van der Waals surface area contributed by atoms with Crippen molar-refractivity contribution in [2.24, 2.45) is 0 Å². The zero-order valence-corrected chi connectivity index (χ0v) is 8.59. The Hall–Kier alpha value is -1.61. The lowest BCUT2D eigenvalue weighted by atomic mass is 10.1. The highest BCUT2D eigenvalue weighted by Gasteiger charge is 2.04. The summed E-state index contributed by atoms with van der Waals surface area (Å²) >= 11 is 0. The Labute approximate surface area is 89.0 Å². The Bertz CT molecular complexity index is 327. The van der Waals surface area contributed by atoms with Crippen LogP contribution in [0.1, 0.15) is 18.1 Å². The van der Waals surface area contributed by atoms with Gasteiger partial charge in [0.15, 0.2) is 0 Å². The van der Waals surface area contributed by atoms with Gasteiger partial charge in [-0.2, -0.15) is 0 Å². The zero-order valence-electron chi connectivity index (χ0n) is 8.59. The lowest BCUT2D eigenvalue weighted by Gasteiger charge is -2.08. The predicted molar refractivity (Wildman–Crippen MR) is 57.8 cm³/mol. The summed E-state index contributed by atoms with van der Waals surface area (Å²) in [6, 6.07) is 7.19. The molecule has 15 heavy (non-hydrogen) atoms. The molecule has 1 aromatic rings. The number of aliphatic hydroxyl groups is 1. The van der Waals surface area contributed by atoms with Crippen molar-refractivity contribution in [1.29, 1.82) is 0 Å². The summed E-state index contributed by atoms with van der Waals surface area (Å²) in [7, 11) is 1.60. The molecule has 0 saturated heterocycles. The third kappa shape index (κ3) is 3.56. The summed E-state index contributed by atoms with van der Waals surface area (Å²) in [5, 5.41) is 9.70. The van der Waals surface area contributed by atoms with Crippen molar-refractivity contribution in [3.8, 4) is 5.75 Å². The monoisotopic (exact) mass is 206 g/mol. The van der Waals surface area contributed by atoms with E-state index in [-0.39, 0.29) is 0 Å². The van der Waals surface area contributed by atoms with E-state index >= 15 is 0 Å². The van der Waals surface area contributed by atoms with Gasteiger partial charge in [-0.25, -0.2) is 0 Å². The average Bonchev–Trinajstić information content (AvgIpc) is 2.29. The molecule has 1 N–H and O–H groups in total. The smallest absolute Gasteiger partial charge is 0.142 e. The number of benzene rings is 1. The number of carbonyl (C=O) groups is 1. The van der Waals surface area contributed by atoms with Crippen LogP contribution in [0, 0.1) is 0 Å². The van der Waals surface area contributed by atoms with Crippen LogP contribution in [0.15, 0.2) is 36.4 Å². The van der Waals surface area contributed by atoms with E-state index in [1.54, 1.807) is 37.5 Å². The summed E-state index contributed by atoms with van der Waals surface area (Å²) in [5.41, 5.74) is 0.811. The van der Waals surface area contributed by atoms with Gasteiger partial charge in [-0.15, -0.1) is 0 Å². The minimum Gasteiger partial charge on any atom is -0.497 e. The summed E-state index contributed by atoms with van der Waals surface area (Å²) in [6.45, 7) is 0. The van der Waals surface area contributed by atoms with Crippen molar-refractivity contribution in [3.63, 3.8) is 0 Å². The topological polar surface area (TPSA) is 46.5 Å². The second-order valence-corrected chi connectivity index (χ2v) is 3.09. The van der Waals surface area contributed by atoms with Crippen LogP contribution in [-0.2, 0) is 4.79 Å². The van der Waals surface area contributed by atoms with Gasteiger partial charge in [0.25, 0.3) is 0 Å². The van der Waals surface area contributed by atoms with E-state index < -0.39 is 6.10 Å². The van der Waals surface area contributed by atoms with Gasteiger partial charge < -0.3 is 9.84 Å². The van der Waals surface area contributed by atoms with Gasteiger partial charge in [0, 0.05) is 0 Å². The number of aliphatic hydroxyl groups excluding tert-OH is 1. The molecule has 0 aliphatic rings. The minimum absolute atomic E-state index is 0.436. The number of rotatable bonds is 5. The molecule has 0 heterocycles. The molecule has 0 aromatic heterocycles. The second-order valence-electron chi connectivity index (χ2n) is 3.09. The van der Waals surface area contributed by atoms with Gasteiger partial charge >= 0.3 is 0 Å².